The van der Waals surface area contributed by atoms with E-state index in [4.69, 9.17) is 10.2 Å². The van der Waals surface area contributed by atoms with Crippen LogP contribution in [0, 0.1) is 0 Å². The van der Waals surface area contributed by atoms with E-state index in [0.717, 1.165) is 0 Å². The van der Waals surface area contributed by atoms with Crippen molar-refractivity contribution in [1.29, 1.82) is 0 Å². The fraction of sp³-hybridized carbons (Fsp3) is 0.500. The van der Waals surface area contributed by atoms with E-state index in [0.29, 0.717) is 0 Å². The molecule has 5 N–H and O–H groups in total. The third kappa shape index (κ3) is 19.0. The van der Waals surface area contributed by atoms with Crippen molar-refractivity contribution < 1.29 is 76.0 Å². The summed E-state index contributed by atoms with van der Waals surface area (Å²) in [5.41, 5.74) is 0. The smallest absolute Gasteiger partial charge is 0.550 e. The van der Waals surface area contributed by atoms with Crippen LogP contribution >= 0.6 is 0 Å². The Labute approximate surface area is 131 Å². The minimum Gasteiger partial charge on any atom is -0.550 e. The van der Waals surface area contributed by atoms with Crippen LogP contribution < -0.4 is 26.6 Å². The molecule has 0 aromatic heterocycles. The Morgan fingerprint density at radius 3 is 1.00 bits per heavy atom. The van der Waals surface area contributed by atoms with Gasteiger partial charge in [-0.3, -0.25) is 0 Å². The Kier molecular flexibility index (Phi) is 19.0. The number of carbonyl (C=O) groups excluding carboxylic acids is 4. The first-order valence-corrected chi connectivity index (χ1v) is 4.25. The number of aliphatic carboxylic acids is 4. The SMILES string of the molecule is N.O=C([O-])CC(O)C(=O)[O-].O=C([O-])CC(O)C(=O)[O-].[Zr+4]. The molecule has 0 spiro atoms. The van der Waals surface area contributed by atoms with Crippen LogP contribution in [-0.4, -0.2) is 46.3 Å². The quantitative estimate of drug-likeness (QED) is 0.395. The monoisotopic (exact) mass is 371 g/mol. The second-order valence-corrected chi connectivity index (χ2v) is 2.82. The van der Waals surface area contributed by atoms with Crippen LogP contribution in [0.3, 0.4) is 0 Å². The number of hydrogen-bond acceptors (Lipinski definition) is 11. The molecule has 0 amide bonds. The third-order valence-electron chi connectivity index (χ3n) is 1.26. The zero-order valence-electron chi connectivity index (χ0n) is 9.94. The van der Waals surface area contributed by atoms with Gasteiger partial charge in [0.1, 0.15) is 0 Å². The molecule has 112 valence electrons. The van der Waals surface area contributed by atoms with Gasteiger partial charge in [-0.25, -0.2) is 0 Å². The Morgan fingerprint density at radius 1 is 0.750 bits per heavy atom. The van der Waals surface area contributed by atoms with Gasteiger partial charge in [-0.05, 0) is 0 Å². The van der Waals surface area contributed by atoms with Gasteiger partial charge in [0, 0.05) is 24.8 Å². The first-order valence-electron chi connectivity index (χ1n) is 4.25. The fourth-order valence-electron chi connectivity index (χ4n) is 0.482. The first-order chi connectivity index (χ1) is 8.07. The van der Waals surface area contributed by atoms with Gasteiger partial charge >= 0.3 is 26.2 Å². The van der Waals surface area contributed by atoms with Gasteiger partial charge in [0.05, 0.1) is 24.1 Å². The number of aliphatic hydroxyl groups excluding tert-OH is 2. The van der Waals surface area contributed by atoms with Crippen LogP contribution in [0.1, 0.15) is 12.8 Å². The van der Waals surface area contributed by atoms with Crippen molar-refractivity contribution in [2.24, 2.45) is 0 Å². The summed E-state index contributed by atoms with van der Waals surface area (Å²) in [5, 5.41) is 54.7. The number of rotatable bonds is 6. The van der Waals surface area contributed by atoms with Crippen LogP contribution in [0.5, 0.6) is 0 Å². The zero-order chi connectivity index (χ0) is 14.9. The molecule has 0 rings (SSSR count). The van der Waals surface area contributed by atoms with Crippen molar-refractivity contribution in [3.05, 3.63) is 0 Å². The summed E-state index contributed by atoms with van der Waals surface area (Å²) < 4.78 is 0. The first kappa shape index (κ1) is 27.1. The van der Waals surface area contributed by atoms with Gasteiger partial charge in [0.2, 0.25) is 0 Å². The predicted molar refractivity (Wildman–Crippen MR) is 46.3 cm³/mol. The molecular weight excluding hydrogens is 361 g/mol. The Hall–Kier alpha value is -1.36. The van der Waals surface area contributed by atoms with Crippen molar-refractivity contribution in [3.8, 4) is 0 Å². The summed E-state index contributed by atoms with van der Waals surface area (Å²) in [5.74, 6) is -6.85. The second kappa shape index (κ2) is 14.1. The predicted octanol–water partition coefficient (Wildman–Crippen LogP) is -7.37. The van der Waals surface area contributed by atoms with Gasteiger partial charge in [-0.15, -0.1) is 0 Å². The average Bonchev–Trinajstić information content (AvgIpc) is 2.16. The summed E-state index contributed by atoms with van der Waals surface area (Å²) in [4.78, 5) is 38.3. The number of carboxylic acids is 4. The van der Waals surface area contributed by atoms with Crippen molar-refractivity contribution in [3.63, 3.8) is 0 Å². The van der Waals surface area contributed by atoms with Crippen LogP contribution in [0.25, 0.3) is 0 Å². The van der Waals surface area contributed by atoms with E-state index in [-0.39, 0.29) is 32.4 Å². The standard InChI is InChI=1S/2C4H6O5.H3N.Zr/c2*5-2(4(8)9)1-3(6)7;;/h2*2,5H,1H2,(H,6,7)(H,8,9);1H3;/q;;;+4/p-4. The topological polar surface area (TPSA) is 236 Å². The number of carboxylic acid groups (broad SMARTS) is 4. The molecule has 0 bridgehead atoms. The van der Waals surface area contributed by atoms with Gasteiger partial charge in [0.15, 0.2) is 0 Å². The summed E-state index contributed by atoms with van der Waals surface area (Å²) in [6.45, 7) is 0. The van der Waals surface area contributed by atoms with Crippen molar-refractivity contribution in [2.45, 2.75) is 25.0 Å². The summed E-state index contributed by atoms with van der Waals surface area (Å²) in [6, 6.07) is 0. The average molecular weight is 372 g/mol. The minimum absolute atomic E-state index is 0. The molecule has 0 aliphatic rings. The molecule has 12 heteroatoms. The third-order valence-corrected chi connectivity index (χ3v) is 1.26. The van der Waals surface area contributed by atoms with Gasteiger partial charge < -0.3 is 56.0 Å². The molecule has 11 nitrogen and oxygen atoms in total. The summed E-state index contributed by atoms with van der Waals surface area (Å²) in [6.07, 6.45) is -5.78. The summed E-state index contributed by atoms with van der Waals surface area (Å²) in [7, 11) is 0. The molecule has 0 saturated heterocycles. The molecule has 0 aromatic rings. The van der Waals surface area contributed by atoms with E-state index in [1.807, 2.05) is 0 Å². The van der Waals surface area contributed by atoms with Crippen LogP contribution in [0.4, 0.5) is 0 Å². The van der Waals surface area contributed by atoms with Gasteiger partial charge in [-0.1, -0.05) is 0 Å². The molecule has 2 atom stereocenters. The van der Waals surface area contributed by atoms with Crippen molar-refractivity contribution in [1.82, 2.24) is 6.15 Å². The molecular formula is C8H11NO10Zr. The molecule has 0 saturated carbocycles. The van der Waals surface area contributed by atoms with Crippen LogP contribution in [0.15, 0.2) is 0 Å². The van der Waals surface area contributed by atoms with E-state index in [2.05, 4.69) is 0 Å². The van der Waals surface area contributed by atoms with E-state index in [1.54, 1.807) is 0 Å². The van der Waals surface area contributed by atoms with Crippen molar-refractivity contribution in [2.75, 3.05) is 0 Å². The maximum atomic E-state index is 9.58. The molecule has 2 unspecified atom stereocenters. The molecule has 0 radical (unpaired) electrons. The molecule has 0 aliphatic carbocycles. The Balaban J connectivity index is -0.000000116. The van der Waals surface area contributed by atoms with E-state index in [1.165, 1.54) is 0 Å². The normalized spacial score (nSPS) is 11.3. The number of carbonyl (C=O) groups is 4. The molecule has 0 aliphatic heterocycles. The fourth-order valence-corrected chi connectivity index (χ4v) is 0.482. The van der Waals surface area contributed by atoms with Crippen LogP contribution in [-0.2, 0) is 45.4 Å². The summed E-state index contributed by atoms with van der Waals surface area (Å²) >= 11 is 0. The number of aliphatic hydroxyl groups is 2. The van der Waals surface area contributed by atoms with E-state index < -0.39 is 48.9 Å². The Morgan fingerprint density at radius 2 is 0.950 bits per heavy atom. The molecule has 0 fully saturated rings. The van der Waals surface area contributed by atoms with Gasteiger partial charge in [-0.2, -0.15) is 0 Å². The van der Waals surface area contributed by atoms with Gasteiger partial charge in [0.25, 0.3) is 0 Å². The van der Waals surface area contributed by atoms with Crippen molar-refractivity contribution >= 4 is 23.9 Å². The van der Waals surface area contributed by atoms with E-state index in [9.17, 15) is 39.6 Å². The minimum atomic E-state index is -1.96. The Bertz CT molecular complexity index is 301. The molecule has 0 aromatic carbocycles. The zero-order valence-corrected chi connectivity index (χ0v) is 12.4. The van der Waals surface area contributed by atoms with Crippen LogP contribution in [0.2, 0.25) is 0 Å². The van der Waals surface area contributed by atoms with E-state index >= 15 is 0 Å². The number of hydrogen-bond donors (Lipinski definition) is 3. The maximum Gasteiger partial charge on any atom is 4.00 e. The molecule has 0 heterocycles. The second-order valence-electron chi connectivity index (χ2n) is 2.82. The largest absolute Gasteiger partial charge is 4.00 e. The molecule has 20 heavy (non-hydrogen) atoms. The maximum absolute atomic E-state index is 9.58.